The summed E-state index contributed by atoms with van der Waals surface area (Å²) in [7, 11) is 0. The van der Waals surface area contributed by atoms with Gasteiger partial charge in [-0.3, -0.25) is 0 Å². The van der Waals surface area contributed by atoms with Crippen molar-refractivity contribution in [3.63, 3.8) is 0 Å². The lowest BCUT2D eigenvalue weighted by Gasteiger charge is -2.24. The molecule has 1 aromatic carbocycles. The highest BCUT2D eigenvalue weighted by Crippen LogP contribution is 2.32. The number of benzene rings is 1. The van der Waals surface area contributed by atoms with Gasteiger partial charge in [0.15, 0.2) is 0 Å². The van der Waals surface area contributed by atoms with Crippen LogP contribution in [0, 0.1) is 0 Å². The minimum absolute atomic E-state index is 0.601. The summed E-state index contributed by atoms with van der Waals surface area (Å²) in [6, 6.07) is 10.0. The van der Waals surface area contributed by atoms with Gasteiger partial charge in [0, 0.05) is 11.8 Å². The number of aromatic nitrogens is 1. The fourth-order valence-corrected chi connectivity index (χ4v) is 3.18. The van der Waals surface area contributed by atoms with Crippen LogP contribution in [0.25, 0.3) is 0 Å². The van der Waals surface area contributed by atoms with Crippen molar-refractivity contribution < 1.29 is 5.11 Å². The maximum Gasteiger partial charge on any atom is 0.126 e. The van der Waals surface area contributed by atoms with Gasteiger partial charge in [0.2, 0.25) is 0 Å². The van der Waals surface area contributed by atoms with Gasteiger partial charge in [0.05, 0.1) is 0 Å². The molecule has 0 aliphatic heterocycles. The summed E-state index contributed by atoms with van der Waals surface area (Å²) in [6.45, 7) is 1.98. The second-order valence-corrected chi connectivity index (χ2v) is 5.69. The average Bonchev–Trinajstić information content (AvgIpc) is 2.78. The van der Waals surface area contributed by atoms with Gasteiger partial charge >= 0.3 is 0 Å². The Balaban J connectivity index is 2.26. The third-order valence-electron chi connectivity index (χ3n) is 2.80. The Morgan fingerprint density at radius 1 is 1.35 bits per heavy atom. The summed E-state index contributed by atoms with van der Waals surface area (Å²) in [5.41, 5.74) is 0.265. The van der Waals surface area contributed by atoms with Crippen LogP contribution in [0.4, 0.5) is 0 Å². The van der Waals surface area contributed by atoms with Crippen LogP contribution in [-0.4, -0.2) is 10.1 Å². The van der Waals surface area contributed by atoms with Crippen molar-refractivity contribution in [2.75, 3.05) is 0 Å². The van der Waals surface area contributed by atoms with Crippen molar-refractivity contribution >= 4 is 27.3 Å². The number of nitrogens with zero attached hydrogens (tertiary/aromatic N) is 1. The molecule has 17 heavy (non-hydrogen) atoms. The molecule has 1 unspecified atom stereocenters. The van der Waals surface area contributed by atoms with E-state index in [1.165, 1.54) is 11.3 Å². The van der Waals surface area contributed by atoms with Gasteiger partial charge in [-0.25, -0.2) is 4.98 Å². The molecule has 0 spiro atoms. The maximum absolute atomic E-state index is 10.7. The molecule has 4 heteroatoms. The molecule has 0 amide bonds. The van der Waals surface area contributed by atoms with Gasteiger partial charge in [-0.15, -0.1) is 11.3 Å². The molecule has 0 aliphatic rings. The SMILES string of the molecule is CCC(O)(Cc1ccccc1)c1nc(Br)cs1. The minimum Gasteiger partial charge on any atom is -0.382 e. The zero-order valence-corrected chi connectivity index (χ0v) is 12.0. The molecule has 2 aromatic rings. The number of halogens is 1. The molecule has 0 saturated heterocycles. The zero-order valence-electron chi connectivity index (χ0n) is 9.56. The van der Waals surface area contributed by atoms with E-state index in [9.17, 15) is 5.11 Å². The Morgan fingerprint density at radius 2 is 2.06 bits per heavy atom. The second-order valence-electron chi connectivity index (χ2n) is 4.02. The standard InChI is InChI=1S/C13H14BrNOS/c1-2-13(16,12-15-11(14)9-17-12)8-10-6-4-3-5-7-10/h3-7,9,16H,2,8H2,1H3. The summed E-state index contributed by atoms with van der Waals surface area (Å²) >= 11 is 4.82. The van der Waals surface area contributed by atoms with E-state index >= 15 is 0 Å². The molecule has 1 N–H and O–H groups in total. The molecule has 1 heterocycles. The van der Waals surface area contributed by atoms with E-state index < -0.39 is 5.60 Å². The molecule has 90 valence electrons. The highest BCUT2D eigenvalue weighted by molar-refractivity contribution is 9.10. The Kier molecular flexibility index (Phi) is 3.97. The molecule has 1 aromatic heterocycles. The minimum atomic E-state index is -0.863. The van der Waals surface area contributed by atoms with Gasteiger partial charge in [-0.05, 0) is 27.9 Å². The predicted octanol–water partition coefficient (Wildman–Crippen LogP) is 3.75. The number of aliphatic hydroxyl groups is 1. The lowest BCUT2D eigenvalue weighted by molar-refractivity contribution is 0.0324. The van der Waals surface area contributed by atoms with Gasteiger partial charge in [-0.2, -0.15) is 0 Å². The van der Waals surface area contributed by atoms with E-state index in [2.05, 4.69) is 20.9 Å². The molecule has 0 fully saturated rings. The first kappa shape index (κ1) is 12.7. The van der Waals surface area contributed by atoms with Crippen LogP contribution in [0.5, 0.6) is 0 Å². The summed E-state index contributed by atoms with van der Waals surface area (Å²) in [6.07, 6.45) is 1.26. The Bertz CT molecular complexity index is 485. The number of hydrogen-bond donors (Lipinski definition) is 1. The highest BCUT2D eigenvalue weighted by Gasteiger charge is 2.30. The lowest BCUT2D eigenvalue weighted by atomic mass is 9.92. The monoisotopic (exact) mass is 311 g/mol. The van der Waals surface area contributed by atoms with Gasteiger partial charge in [0.1, 0.15) is 15.2 Å². The Hall–Kier alpha value is -0.710. The van der Waals surface area contributed by atoms with E-state index in [0.717, 1.165) is 15.2 Å². The molecule has 2 nitrogen and oxygen atoms in total. The molecular formula is C13H14BrNOS. The van der Waals surface area contributed by atoms with Crippen LogP contribution in [0.1, 0.15) is 23.9 Å². The molecule has 0 radical (unpaired) electrons. The summed E-state index contributed by atoms with van der Waals surface area (Å²) in [5, 5.41) is 13.4. The number of hydrogen-bond acceptors (Lipinski definition) is 3. The molecule has 1 atom stereocenters. The molecule has 0 saturated carbocycles. The molecular weight excluding hydrogens is 298 g/mol. The van der Waals surface area contributed by atoms with Crippen LogP contribution in [0.3, 0.4) is 0 Å². The highest BCUT2D eigenvalue weighted by atomic mass is 79.9. The first-order valence-electron chi connectivity index (χ1n) is 5.52. The molecule has 0 aliphatic carbocycles. The van der Waals surface area contributed by atoms with E-state index in [-0.39, 0.29) is 0 Å². The third kappa shape index (κ3) is 2.94. The largest absolute Gasteiger partial charge is 0.382 e. The van der Waals surface area contributed by atoms with Crippen molar-refractivity contribution in [1.29, 1.82) is 0 Å². The summed E-state index contributed by atoms with van der Waals surface area (Å²) in [5.74, 6) is 0. The second kappa shape index (κ2) is 5.29. The first-order valence-corrected chi connectivity index (χ1v) is 7.19. The molecule has 2 rings (SSSR count). The number of thiazole rings is 1. The fraction of sp³-hybridized carbons (Fsp3) is 0.308. The van der Waals surface area contributed by atoms with Crippen LogP contribution in [0.2, 0.25) is 0 Å². The fourth-order valence-electron chi connectivity index (χ4n) is 1.75. The van der Waals surface area contributed by atoms with Crippen LogP contribution in [0.15, 0.2) is 40.3 Å². The Morgan fingerprint density at radius 3 is 2.59 bits per heavy atom. The average molecular weight is 312 g/mol. The zero-order chi connectivity index (χ0) is 12.3. The van der Waals surface area contributed by atoms with E-state index in [4.69, 9.17) is 0 Å². The van der Waals surface area contributed by atoms with Crippen molar-refractivity contribution in [3.05, 3.63) is 50.9 Å². The van der Waals surface area contributed by atoms with E-state index in [1.807, 2.05) is 42.6 Å². The van der Waals surface area contributed by atoms with Gasteiger partial charge in [0.25, 0.3) is 0 Å². The van der Waals surface area contributed by atoms with Crippen molar-refractivity contribution in [1.82, 2.24) is 4.98 Å². The summed E-state index contributed by atoms with van der Waals surface area (Å²) < 4.78 is 0.789. The van der Waals surface area contributed by atoms with E-state index in [1.54, 1.807) is 0 Å². The number of rotatable bonds is 4. The Labute approximate surface area is 113 Å². The van der Waals surface area contributed by atoms with Crippen LogP contribution >= 0.6 is 27.3 Å². The van der Waals surface area contributed by atoms with Gasteiger partial charge < -0.3 is 5.11 Å². The lowest BCUT2D eigenvalue weighted by Crippen LogP contribution is -2.27. The summed E-state index contributed by atoms with van der Waals surface area (Å²) in [4.78, 5) is 4.33. The van der Waals surface area contributed by atoms with Gasteiger partial charge in [-0.1, -0.05) is 37.3 Å². The predicted molar refractivity (Wildman–Crippen MR) is 74.1 cm³/mol. The van der Waals surface area contributed by atoms with Crippen molar-refractivity contribution in [2.45, 2.75) is 25.4 Å². The maximum atomic E-state index is 10.7. The van der Waals surface area contributed by atoms with Crippen molar-refractivity contribution in [3.8, 4) is 0 Å². The smallest absolute Gasteiger partial charge is 0.126 e. The van der Waals surface area contributed by atoms with Crippen molar-refractivity contribution in [2.24, 2.45) is 0 Å². The topological polar surface area (TPSA) is 33.1 Å². The third-order valence-corrected chi connectivity index (χ3v) is 4.54. The van der Waals surface area contributed by atoms with Crippen LogP contribution in [-0.2, 0) is 12.0 Å². The van der Waals surface area contributed by atoms with Crippen LogP contribution < -0.4 is 0 Å². The van der Waals surface area contributed by atoms with E-state index in [0.29, 0.717) is 12.8 Å². The normalized spacial score (nSPS) is 14.5. The molecule has 0 bridgehead atoms. The first-order chi connectivity index (χ1) is 8.14. The quantitative estimate of drug-likeness (QED) is 0.933.